The Bertz CT molecular complexity index is 532. The molecule has 1 aromatic rings. The Morgan fingerprint density at radius 3 is 2.62 bits per heavy atom. The highest BCUT2D eigenvalue weighted by atomic mass is 16.6. The number of hydrogen-bond acceptors (Lipinski definition) is 5. The third-order valence-corrected chi connectivity index (χ3v) is 2.80. The molecule has 0 unspecified atom stereocenters. The van der Waals surface area contributed by atoms with Gasteiger partial charge in [-0.25, -0.2) is 4.68 Å². The Balaban J connectivity index is 2.65. The number of carbonyl (C=O) groups excluding carboxylic acids is 1. The number of carbonyl (C=O) groups is 1. The van der Waals surface area contributed by atoms with Gasteiger partial charge in [0.15, 0.2) is 0 Å². The highest BCUT2D eigenvalue weighted by Gasteiger charge is 2.16. The van der Waals surface area contributed by atoms with Crippen LogP contribution in [-0.2, 0) is 16.1 Å². The van der Waals surface area contributed by atoms with Crippen LogP contribution in [0.15, 0.2) is 17.1 Å². The number of esters is 1. The van der Waals surface area contributed by atoms with Crippen molar-refractivity contribution >= 4 is 11.7 Å². The van der Waals surface area contributed by atoms with E-state index >= 15 is 0 Å². The molecule has 1 rings (SSSR count). The summed E-state index contributed by atoms with van der Waals surface area (Å²) in [6.07, 6.45) is 2.78. The molecule has 0 aliphatic heterocycles. The summed E-state index contributed by atoms with van der Waals surface area (Å²) in [6.45, 7) is 8.61. The predicted molar refractivity (Wildman–Crippen MR) is 82.5 cm³/mol. The zero-order valence-corrected chi connectivity index (χ0v) is 13.5. The summed E-state index contributed by atoms with van der Waals surface area (Å²) in [5.41, 5.74) is 0.0664. The Hall–Kier alpha value is -1.85. The molecule has 0 aromatic carbocycles. The lowest BCUT2D eigenvalue weighted by atomic mass is 10.2. The van der Waals surface area contributed by atoms with Crippen molar-refractivity contribution in [3.05, 3.63) is 22.6 Å². The number of aromatic nitrogens is 2. The topological polar surface area (TPSA) is 64.4 Å². The lowest BCUT2D eigenvalue weighted by Gasteiger charge is -2.20. The average Bonchev–Trinajstić information content (AvgIpc) is 2.35. The molecule has 0 spiro atoms. The number of ether oxygens (including phenoxy) is 1. The van der Waals surface area contributed by atoms with Crippen LogP contribution in [0.25, 0.3) is 0 Å². The quantitative estimate of drug-likeness (QED) is 0.749. The molecule has 0 saturated heterocycles. The maximum absolute atomic E-state index is 12.0. The first-order valence-corrected chi connectivity index (χ1v) is 7.23. The van der Waals surface area contributed by atoms with Crippen molar-refractivity contribution in [2.45, 2.75) is 52.7 Å². The van der Waals surface area contributed by atoms with Crippen molar-refractivity contribution in [2.24, 2.45) is 0 Å². The smallest absolute Gasteiger partial charge is 0.308 e. The van der Waals surface area contributed by atoms with Gasteiger partial charge in [0.2, 0.25) is 0 Å². The van der Waals surface area contributed by atoms with Crippen molar-refractivity contribution < 1.29 is 9.53 Å². The van der Waals surface area contributed by atoms with Gasteiger partial charge in [-0.1, -0.05) is 6.92 Å². The second kappa shape index (κ2) is 7.24. The fourth-order valence-electron chi connectivity index (χ4n) is 1.85. The van der Waals surface area contributed by atoms with Crippen molar-refractivity contribution in [2.75, 3.05) is 18.5 Å². The van der Waals surface area contributed by atoms with Gasteiger partial charge < -0.3 is 9.64 Å². The van der Waals surface area contributed by atoms with E-state index in [9.17, 15) is 9.59 Å². The summed E-state index contributed by atoms with van der Waals surface area (Å²) in [7, 11) is 1.92. The summed E-state index contributed by atoms with van der Waals surface area (Å²) >= 11 is 0. The molecule has 118 valence electrons. The summed E-state index contributed by atoms with van der Waals surface area (Å²) in [5, 5.41) is 4.10. The van der Waals surface area contributed by atoms with E-state index in [0.717, 1.165) is 18.7 Å². The van der Waals surface area contributed by atoms with Crippen LogP contribution in [0.5, 0.6) is 0 Å². The number of hydrogen-bond donors (Lipinski definition) is 0. The van der Waals surface area contributed by atoms with Crippen LogP contribution < -0.4 is 10.5 Å². The molecular weight excluding hydrogens is 270 g/mol. The summed E-state index contributed by atoms with van der Waals surface area (Å²) < 4.78 is 6.49. The molecule has 0 bridgehead atoms. The number of rotatable bonds is 6. The second-order valence-electron chi connectivity index (χ2n) is 6.03. The minimum atomic E-state index is -0.512. The zero-order chi connectivity index (χ0) is 16.0. The van der Waals surface area contributed by atoms with Crippen molar-refractivity contribution in [3.8, 4) is 0 Å². The van der Waals surface area contributed by atoms with E-state index in [1.807, 2.05) is 32.7 Å². The number of nitrogens with zero attached hydrogens (tertiary/aromatic N) is 3. The minimum absolute atomic E-state index is 0.133. The van der Waals surface area contributed by atoms with Crippen molar-refractivity contribution in [1.29, 1.82) is 0 Å². The third kappa shape index (κ3) is 5.97. The van der Waals surface area contributed by atoms with Gasteiger partial charge in [-0.05, 0) is 27.2 Å². The molecule has 0 N–H and O–H groups in total. The van der Waals surface area contributed by atoms with Crippen LogP contribution in [-0.4, -0.2) is 34.9 Å². The van der Waals surface area contributed by atoms with Gasteiger partial charge in [0, 0.05) is 19.7 Å². The van der Waals surface area contributed by atoms with Gasteiger partial charge in [-0.3, -0.25) is 9.59 Å². The van der Waals surface area contributed by atoms with E-state index in [4.69, 9.17) is 4.74 Å². The van der Waals surface area contributed by atoms with Crippen LogP contribution in [0.4, 0.5) is 5.69 Å². The molecule has 0 radical (unpaired) electrons. The Kier molecular flexibility index (Phi) is 5.93. The SMILES string of the molecule is CCCN(C)c1cnn(CCC(=O)OC(C)(C)C)c(=O)c1. The van der Waals surface area contributed by atoms with E-state index in [1.54, 1.807) is 6.20 Å². The van der Waals surface area contributed by atoms with Gasteiger partial charge in [-0.15, -0.1) is 0 Å². The van der Waals surface area contributed by atoms with Crippen molar-refractivity contribution in [1.82, 2.24) is 9.78 Å². The maximum atomic E-state index is 12.0. The first-order chi connectivity index (χ1) is 9.73. The zero-order valence-electron chi connectivity index (χ0n) is 13.5. The normalized spacial score (nSPS) is 11.3. The van der Waals surface area contributed by atoms with Crippen LogP contribution in [0.3, 0.4) is 0 Å². The Labute approximate surface area is 125 Å². The lowest BCUT2D eigenvalue weighted by Crippen LogP contribution is -2.28. The highest BCUT2D eigenvalue weighted by Crippen LogP contribution is 2.09. The van der Waals surface area contributed by atoms with E-state index in [-0.39, 0.29) is 24.5 Å². The number of aryl methyl sites for hydroxylation is 1. The highest BCUT2D eigenvalue weighted by molar-refractivity contribution is 5.69. The molecule has 6 nitrogen and oxygen atoms in total. The molecule has 0 aliphatic carbocycles. The number of anilines is 1. The van der Waals surface area contributed by atoms with E-state index in [2.05, 4.69) is 12.0 Å². The standard InChI is InChI=1S/C15H25N3O3/c1-6-8-17(5)12-10-13(19)18(16-11-12)9-7-14(20)21-15(2,3)4/h10-11H,6-9H2,1-5H3. The summed E-state index contributed by atoms with van der Waals surface area (Å²) in [4.78, 5) is 25.6. The molecular formula is C15H25N3O3. The fourth-order valence-corrected chi connectivity index (χ4v) is 1.85. The molecule has 6 heteroatoms. The lowest BCUT2D eigenvalue weighted by molar-refractivity contribution is -0.155. The predicted octanol–water partition coefficient (Wildman–Crippen LogP) is 1.82. The monoisotopic (exact) mass is 295 g/mol. The molecule has 0 amide bonds. The third-order valence-electron chi connectivity index (χ3n) is 2.80. The molecule has 1 heterocycles. The van der Waals surface area contributed by atoms with Crippen LogP contribution in [0.2, 0.25) is 0 Å². The van der Waals surface area contributed by atoms with Crippen LogP contribution in [0.1, 0.15) is 40.5 Å². The van der Waals surface area contributed by atoms with Gasteiger partial charge >= 0.3 is 5.97 Å². The molecule has 21 heavy (non-hydrogen) atoms. The van der Waals surface area contributed by atoms with Gasteiger partial charge in [0.25, 0.3) is 5.56 Å². The van der Waals surface area contributed by atoms with Gasteiger partial charge in [0.1, 0.15) is 5.60 Å². The minimum Gasteiger partial charge on any atom is -0.460 e. The molecule has 0 aliphatic rings. The van der Waals surface area contributed by atoms with Crippen LogP contribution in [0, 0.1) is 0 Å². The van der Waals surface area contributed by atoms with E-state index in [0.29, 0.717) is 0 Å². The largest absolute Gasteiger partial charge is 0.460 e. The van der Waals surface area contributed by atoms with E-state index in [1.165, 1.54) is 10.7 Å². The fraction of sp³-hybridized carbons (Fsp3) is 0.667. The first kappa shape index (κ1) is 17.2. The van der Waals surface area contributed by atoms with Crippen LogP contribution >= 0.6 is 0 Å². The van der Waals surface area contributed by atoms with E-state index < -0.39 is 5.60 Å². The second-order valence-corrected chi connectivity index (χ2v) is 6.03. The molecule has 0 fully saturated rings. The molecule has 0 atom stereocenters. The molecule has 1 aromatic heterocycles. The maximum Gasteiger partial charge on any atom is 0.308 e. The summed E-state index contributed by atoms with van der Waals surface area (Å²) in [5.74, 6) is -0.330. The molecule has 0 saturated carbocycles. The average molecular weight is 295 g/mol. The Morgan fingerprint density at radius 2 is 2.10 bits per heavy atom. The van der Waals surface area contributed by atoms with Crippen molar-refractivity contribution in [3.63, 3.8) is 0 Å². The van der Waals surface area contributed by atoms with Gasteiger partial charge in [-0.2, -0.15) is 5.10 Å². The first-order valence-electron chi connectivity index (χ1n) is 7.23. The van der Waals surface area contributed by atoms with Gasteiger partial charge in [0.05, 0.1) is 24.8 Å². The Morgan fingerprint density at radius 1 is 1.43 bits per heavy atom. The summed E-state index contributed by atoms with van der Waals surface area (Å²) in [6, 6.07) is 1.54.